The van der Waals surface area contributed by atoms with Gasteiger partial charge in [0.15, 0.2) is 0 Å². The lowest BCUT2D eigenvalue weighted by atomic mass is 9.73. The van der Waals surface area contributed by atoms with Crippen molar-refractivity contribution in [2.45, 2.75) is 43.2 Å². The summed E-state index contributed by atoms with van der Waals surface area (Å²) >= 11 is 0. The number of anilines is 1. The van der Waals surface area contributed by atoms with E-state index in [9.17, 15) is 22.8 Å². The predicted octanol–water partition coefficient (Wildman–Crippen LogP) is 4.54. The fourth-order valence-corrected chi connectivity index (χ4v) is 5.94. The molecular weight excluding hydrogens is 525 g/mol. The SMILES string of the molecule is CN1CCN(C(=O)CC2CC3(CCN(C(=O)Nc4ccccc4)CC3)c3ccccc32)CC1.O=C(O)C(F)(F)F. The van der Waals surface area contributed by atoms with Gasteiger partial charge in [-0.05, 0) is 60.9 Å². The lowest BCUT2D eigenvalue weighted by Crippen LogP contribution is -2.47. The minimum Gasteiger partial charge on any atom is -0.475 e. The van der Waals surface area contributed by atoms with Crippen LogP contribution in [-0.4, -0.2) is 90.2 Å². The molecule has 0 radical (unpaired) electrons. The number of nitrogens with zero attached hydrogens (tertiary/aromatic N) is 3. The number of fused-ring (bicyclic) bond motifs is 2. The Kier molecular flexibility index (Phi) is 9.02. The van der Waals surface area contributed by atoms with Gasteiger partial charge in [-0.2, -0.15) is 13.2 Å². The molecule has 2 aromatic rings. The third-order valence-electron chi connectivity index (χ3n) is 8.16. The molecule has 2 heterocycles. The lowest BCUT2D eigenvalue weighted by Gasteiger charge is -2.40. The third-order valence-corrected chi connectivity index (χ3v) is 8.16. The van der Waals surface area contributed by atoms with Crippen molar-refractivity contribution in [1.82, 2.24) is 14.7 Å². The van der Waals surface area contributed by atoms with Gasteiger partial charge < -0.3 is 25.1 Å². The van der Waals surface area contributed by atoms with Gasteiger partial charge in [-0.15, -0.1) is 0 Å². The smallest absolute Gasteiger partial charge is 0.475 e. The number of urea groups is 1. The van der Waals surface area contributed by atoms with Crippen LogP contribution in [0, 0.1) is 0 Å². The van der Waals surface area contributed by atoms with Crippen molar-refractivity contribution >= 4 is 23.6 Å². The maximum atomic E-state index is 13.1. The molecule has 0 aromatic heterocycles. The summed E-state index contributed by atoms with van der Waals surface area (Å²) in [5, 5.41) is 10.1. The van der Waals surface area contributed by atoms with E-state index >= 15 is 0 Å². The molecule has 2 fully saturated rings. The molecule has 216 valence electrons. The number of benzene rings is 2. The number of carbonyl (C=O) groups is 3. The number of carboxylic acid groups (broad SMARTS) is 1. The second-order valence-electron chi connectivity index (χ2n) is 10.7. The van der Waals surface area contributed by atoms with E-state index < -0.39 is 12.1 Å². The van der Waals surface area contributed by atoms with Gasteiger partial charge in [-0.25, -0.2) is 9.59 Å². The Hall–Kier alpha value is -3.60. The highest BCUT2D eigenvalue weighted by atomic mass is 19.4. The van der Waals surface area contributed by atoms with Crippen LogP contribution in [0.1, 0.15) is 42.7 Å². The average Bonchev–Trinajstić information content (AvgIpc) is 3.22. The third kappa shape index (κ3) is 6.93. The lowest BCUT2D eigenvalue weighted by molar-refractivity contribution is -0.192. The molecule has 8 nitrogen and oxygen atoms in total. The number of carboxylic acids is 1. The maximum absolute atomic E-state index is 13.1. The number of piperazine rings is 1. The predicted molar refractivity (Wildman–Crippen MR) is 144 cm³/mol. The standard InChI is InChI=1S/C27H34N4O2.C2HF3O2/c1-29-15-17-30(18-16-29)25(32)19-21-20-27(24-10-6-5-9-23(21)24)11-13-31(14-12-27)26(33)28-22-7-3-2-4-8-22;3-2(4,5)1(6)7/h2-10,21H,11-20H2,1H3,(H,28,33);(H,6,7). The highest BCUT2D eigenvalue weighted by Gasteiger charge is 2.46. The van der Waals surface area contributed by atoms with E-state index in [4.69, 9.17) is 9.90 Å². The van der Waals surface area contributed by atoms with Gasteiger partial charge in [0.05, 0.1) is 0 Å². The van der Waals surface area contributed by atoms with E-state index in [1.807, 2.05) is 40.1 Å². The zero-order valence-corrected chi connectivity index (χ0v) is 22.5. The molecular formula is C29H35F3N4O4. The summed E-state index contributed by atoms with van der Waals surface area (Å²) in [6, 6.07) is 18.3. The van der Waals surface area contributed by atoms with Gasteiger partial charge in [0.25, 0.3) is 0 Å². The van der Waals surface area contributed by atoms with Gasteiger partial charge in [-0.1, -0.05) is 42.5 Å². The molecule has 2 N–H and O–H groups in total. The normalized spacial score (nSPS) is 20.4. The number of likely N-dealkylation sites (tertiary alicyclic amines) is 1. The van der Waals surface area contributed by atoms with E-state index in [0.717, 1.165) is 64.2 Å². The summed E-state index contributed by atoms with van der Waals surface area (Å²) < 4.78 is 31.7. The minimum atomic E-state index is -5.08. The average molecular weight is 561 g/mol. The number of halogens is 3. The first kappa shape index (κ1) is 29.4. The number of likely N-dealkylation sites (N-methyl/N-ethyl adjacent to an activating group) is 1. The fourth-order valence-electron chi connectivity index (χ4n) is 5.94. The molecule has 2 aromatic carbocycles. The van der Waals surface area contributed by atoms with Crippen molar-refractivity contribution in [1.29, 1.82) is 0 Å². The van der Waals surface area contributed by atoms with Crippen LogP contribution in [0.4, 0.5) is 23.7 Å². The number of alkyl halides is 3. The monoisotopic (exact) mass is 560 g/mol. The highest BCUT2D eigenvalue weighted by molar-refractivity contribution is 5.89. The van der Waals surface area contributed by atoms with Crippen LogP contribution in [0.3, 0.4) is 0 Å². The molecule has 2 saturated heterocycles. The molecule has 1 aliphatic carbocycles. The van der Waals surface area contributed by atoms with Crippen LogP contribution in [0.15, 0.2) is 54.6 Å². The molecule has 2 aliphatic heterocycles. The molecule has 11 heteroatoms. The van der Waals surface area contributed by atoms with Crippen molar-refractivity contribution in [3.63, 3.8) is 0 Å². The number of piperidine rings is 1. The molecule has 40 heavy (non-hydrogen) atoms. The zero-order chi connectivity index (χ0) is 28.9. The molecule has 1 atom stereocenters. The van der Waals surface area contributed by atoms with Crippen LogP contribution in [0.5, 0.6) is 0 Å². The van der Waals surface area contributed by atoms with Gasteiger partial charge in [0.1, 0.15) is 0 Å². The second-order valence-corrected chi connectivity index (χ2v) is 10.7. The van der Waals surface area contributed by atoms with Crippen LogP contribution in [-0.2, 0) is 15.0 Å². The molecule has 0 saturated carbocycles. The van der Waals surface area contributed by atoms with Gasteiger partial charge in [-0.3, -0.25) is 4.79 Å². The number of carbonyl (C=O) groups excluding carboxylic acids is 2. The zero-order valence-electron chi connectivity index (χ0n) is 22.5. The summed E-state index contributed by atoms with van der Waals surface area (Å²) in [6.45, 7) is 5.06. The number of amides is 3. The van der Waals surface area contributed by atoms with Crippen molar-refractivity contribution in [2.75, 3.05) is 51.6 Å². The Morgan fingerprint density at radius 3 is 2.08 bits per heavy atom. The number of hydrogen-bond donors (Lipinski definition) is 2. The van der Waals surface area contributed by atoms with Crippen LogP contribution < -0.4 is 5.32 Å². The van der Waals surface area contributed by atoms with Gasteiger partial charge >= 0.3 is 18.2 Å². The number of hydrogen-bond acceptors (Lipinski definition) is 4. The molecule has 3 amide bonds. The molecule has 0 bridgehead atoms. The first-order valence-electron chi connectivity index (χ1n) is 13.5. The van der Waals surface area contributed by atoms with E-state index in [0.29, 0.717) is 12.3 Å². The second kappa shape index (κ2) is 12.3. The van der Waals surface area contributed by atoms with E-state index in [2.05, 4.69) is 41.5 Å². The number of rotatable bonds is 3. The minimum absolute atomic E-state index is 0.0240. The summed E-state index contributed by atoms with van der Waals surface area (Å²) in [7, 11) is 2.12. The van der Waals surface area contributed by atoms with E-state index in [-0.39, 0.29) is 17.4 Å². The van der Waals surface area contributed by atoms with Crippen LogP contribution in [0.25, 0.3) is 0 Å². The molecule has 1 spiro atoms. The summed E-state index contributed by atoms with van der Waals surface area (Å²) in [5.74, 6) is -2.19. The van der Waals surface area contributed by atoms with Gasteiger partial charge in [0.2, 0.25) is 5.91 Å². The van der Waals surface area contributed by atoms with Crippen molar-refractivity contribution < 1.29 is 32.7 Å². The molecule has 5 rings (SSSR count). The topological polar surface area (TPSA) is 93.2 Å². The first-order chi connectivity index (χ1) is 19.0. The van der Waals surface area contributed by atoms with Crippen molar-refractivity contribution in [3.8, 4) is 0 Å². The largest absolute Gasteiger partial charge is 0.490 e. The summed E-state index contributed by atoms with van der Waals surface area (Å²) in [4.78, 5) is 41.0. The Labute approximate surface area is 231 Å². The Morgan fingerprint density at radius 1 is 0.900 bits per heavy atom. The van der Waals surface area contributed by atoms with Crippen molar-refractivity contribution in [3.05, 3.63) is 65.7 Å². The van der Waals surface area contributed by atoms with E-state index in [1.165, 1.54) is 11.1 Å². The van der Waals surface area contributed by atoms with Crippen LogP contribution in [0.2, 0.25) is 0 Å². The highest BCUT2D eigenvalue weighted by Crippen LogP contribution is 2.52. The van der Waals surface area contributed by atoms with Crippen LogP contribution >= 0.6 is 0 Å². The Bertz CT molecular complexity index is 1190. The summed E-state index contributed by atoms with van der Waals surface area (Å²) in [5.41, 5.74) is 3.66. The number of nitrogens with one attached hydrogen (secondary N) is 1. The maximum Gasteiger partial charge on any atom is 0.490 e. The van der Waals surface area contributed by atoms with Crippen molar-refractivity contribution in [2.24, 2.45) is 0 Å². The fraction of sp³-hybridized carbons (Fsp3) is 0.483. The number of para-hydroxylation sites is 1. The first-order valence-corrected chi connectivity index (χ1v) is 13.5. The Balaban J connectivity index is 0.000000470. The number of aliphatic carboxylic acids is 1. The van der Waals surface area contributed by atoms with E-state index in [1.54, 1.807) is 0 Å². The van der Waals surface area contributed by atoms with Gasteiger partial charge in [0, 0.05) is 51.4 Å². The quantitative estimate of drug-likeness (QED) is 0.575. The Morgan fingerprint density at radius 2 is 1.48 bits per heavy atom. The molecule has 3 aliphatic rings. The molecule has 1 unspecified atom stereocenters. The summed E-state index contributed by atoms with van der Waals surface area (Å²) in [6.07, 6.45) is -1.57.